The zero-order chi connectivity index (χ0) is 20.9. The molecule has 5 rings (SSSR count). The van der Waals surface area contributed by atoms with Gasteiger partial charge in [-0.05, 0) is 56.6 Å². The van der Waals surface area contributed by atoms with Crippen molar-refractivity contribution in [1.29, 1.82) is 0 Å². The van der Waals surface area contributed by atoms with E-state index in [2.05, 4.69) is 29.5 Å². The van der Waals surface area contributed by atoms with Gasteiger partial charge in [-0.2, -0.15) is 0 Å². The first-order valence-electron chi connectivity index (χ1n) is 11.5. The molecule has 0 amide bonds. The number of hydrogen-bond acceptors (Lipinski definition) is 6. The minimum atomic E-state index is -3.20. The molecule has 2 atom stereocenters. The third-order valence-electron chi connectivity index (χ3n) is 7.56. The van der Waals surface area contributed by atoms with Gasteiger partial charge in [0.1, 0.15) is 5.25 Å². The summed E-state index contributed by atoms with van der Waals surface area (Å²) in [5.41, 5.74) is 1.39. The highest BCUT2D eigenvalue weighted by molar-refractivity contribution is 7.90. The first-order valence-corrected chi connectivity index (χ1v) is 13.8. The standard InChI is InChI=1S/C22H34N2O4S2/c1-3-18-10-20-21(29-18)4-7-28-22(20)5-6-24(15(2)11-22)12-16-8-17(9-16)23-30(25,26)19-13-27-14-19/h10,15-17,19,23H,3-9,11-14H2,1-2H3/t15-,16-,17+,22+/m0/s1. The summed E-state index contributed by atoms with van der Waals surface area (Å²) in [6, 6.07) is 3.00. The lowest BCUT2D eigenvalue weighted by atomic mass is 9.77. The van der Waals surface area contributed by atoms with Gasteiger partial charge < -0.3 is 14.4 Å². The Kier molecular flexibility index (Phi) is 5.78. The normalized spacial score (nSPS) is 35.1. The van der Waals surface area contributed by atoms with Crippen molar-refractivity contribution in [2.75, 3.05) is 32.9 Å². The molecule has 3 aliphatic heterocycles. The second-order valence-electron chi connectivity index (χ2n) is 9.65. The molecule has 0 unspecified atom stereocenters. The topological polar surface area (TPSA) is 67.9 Å². The summed E-state index contributed by atoms with van der Waals surface area (Å²) in [6.07, 6.45) is 6.19. The van der Waals surface area contributed by atoms with E-state index in [0.717, 1.165) is 58.2 Å². The molecule has 3 fully saturated rings. The molecule has 0 radical (unpaired) electrons. The SMILES string of the molecule is CCc1cc2c(s1)CCO[C@@]21CCN(C[C@H]2C[C@@H](NS(=O)(=O)C3COC3)C2)[C@@H](C)C1. The number of rotatable bonds is 6. The molecule has 1 aliphatic carbocycles. The molecule has 1 saturated carbocycles. The summed E-state index contributed by atoms with van der Waals surface area (Å²) in [5.74, 6) is 0.586. The van der Waals surface area contributed by atoms with E-state index in [1.165, 1.54) is 10.4 Å². The van der Waals surface area contributed by atoms with E-state index < -0.39 is 10.0 Å². The van der Waals surface area contributed by atoms with Gasteiger partial charge in [0.2, 0.25) is 10.0 Å². The number of nitrogens with one attached hydrogen (secondary N) is 1. The monoisotopic (exact) mass is 454 g/mol. The van der Waals surface area contributed by atoms with Crippen molar-refractivity contribution in [1.82, 2.24) is 9.62 Å². The van der Waals surface area contributed by atoms with Crippen molar-refractivity contribution in [3.63, 3.8) is 0 Å². The maximum atomic E-state index is 12.2. The maximum Gasteiger partial charge on any atom is 0.219 e. The van der Waals surface area contributed by atoms with Crippen molar-refractivity contribution in [2.24, 2.45) is 5.92 Å². The van der Waals surface area contributed by atoms with E-state index in [9.17, 15) is 8.42 Å². The van der Waals surface area contributed by atoms with Crippen LogP contribution in [0, 0.1) is 5.92 Å². The van der Waals surface area contributed by atoms with E-state index in [1.807, 2.05) is 11.3 Å². The Balaban J connectivity index is 1.15. The number of thiophene rings is 1. The molecule has 30 heavy (non-hydrogen) atoms. The molecule has 6 nitrogen and oxygen atoms in total. The quantitative estimate of drug-likeness (QED) is 0.716. The number of likely N-dealkylation sites (tertiary alicyclic amines) is 1. The molecular weight excluding hydrogens is 420 g/mol. The van der Waals surface area contributed by atoms with E-state index in [1.54, 1.807) is 4.88 Å². The van der Waals surface area contributed by atoms with E-state index >= 15 is 0 Å². The molecule has 168 valence electrons. The van der Waals surface area contributed by atoms with Crippen LogP contribution in [0.25, 0.3) is 0 Å². The zero-order valence-electron chi connectivity index (χ0n) is 18.1. The van der Waals surface area contributed by atoms with Gasteiger partial charge in [-0.25, -0.2) is 13.1 Å². The summed E-state index contributed by atoms with van der Waals surface area (Å²) >= 11 is 1.98. The Labute approximate surface area is 184 Å². The van der Waals surface area contributed by atoms with Crippen LogP contribution in [0.2, 0.25) is 0 Å². The van der Waals surface area contributed by atoms with Crippen molar-refractivity contribution in [3.8, 4) is 0 Å². The Hall–Kier alpha value is -0.510. The van der Waals surface area contributed by atoms with Crippen LogP contribution in [0.4, 0.5) is 0 Å². The molecule has 1 N–H and O–H groups in total. The predicted molar refractivity (Wildman–Crippen MR) is 118 cm³/mol. The van der Waals surface area contributed by atoms with Crippen LogP contribution in [0.15, 0.2) is 6.07 Å². The van der Waals surface area contributed by atoms with Crippen LogP contribution < -0.4 is 4.72 Å². The second-order valence-corrected chi connectivity index (χ2v) is 12.9. The number of sulfonamides is 1. The van der Waals surface area contributed by atoms with Gasteiger partial charge in [-0.1, -0.05) is 6.92 Å². The smallest absolute Gasteiger partial charge is 0.219 e. The van der Waals surface area contributed by atoms with Gasteiger partial charge in [0.05, 0.1) is 25.4 Å². The summed E-state index contributed by atoms with van der Waals surface area (Å²) < 4.78 is 38.9. The number of hydrogen-bond donors (Lipinski definition) is 1. The molecule has 0 aromatic carbocycles. The Morgan fingerprint density at radius 1 is 1.33 bits per heavy atom. The molecule has 1 spiro atoms. The fraction of sp³-hybridized carbons (Fsp3) is 0.818. The largest absolute Gasteiger partial charge is 0.378 e. The number of piperidine rings is 1. The van der Waals surface area contributed by atoms with Crippen LogP contribution in [-0.4, -0.2) is 63.6 Å². The van der Waals surface area contributed by atoms with Crippen molar-refractivity contribution in [3.05, 3.63) is 21.4 Å². The third-order valence-corrected chi connectivity index (χ3v) is 10.7. The van der Waals surface area contributed by atoms with Gasteiger partial charge >= 0.3 is 0 Å². The molecule has 1 aromatic rings. The van der Waals surface area contributed by atoms with Crippen molar-refractivity contribution in [2.45, 2.75) is 75.3 Å². The number of aryl methyl sites for hydroxylation is 1. The third kappa shape index (κ3) is 3.88. The first kappa shape index (κ1) is 21.3. The summed E-state index contributed by atoms with van der Waals surface area (Å²) in [7, 11) is -3.20. The highest BCUT2D eigenvalue weighted by Crippen LogP contribution is 2.46. The van der Waals surface area contributed by atoms with Crippen molar-refractivity contribution >= 4 is 21.4 Å². The summed E-state index contributed by atoms with van der Waals surface area (Å²) in [6.45, 7) is 8.23. The number of nitrogens with zero attached hydrogens (tertiary/aromatic N) is 1. The predicted octanol–water partition coefficient (Wildman–Crippen LogP) is 2.66. The minimum Gasteiger partial charge on any atom is -0.378 e. The highest BCUT2D eigenvalue weighted by atomic mass is 32.2. The van der Waals surface area contributed by atoms with E-state index in [-0.39, 0.29) is 16.9 Å². The molecule has 0 bridgehead atoms. The van der Waals surface area contributed by atoms with Gasteiger partial charge in [0, 0.05) is 41.3 Å². The van der Waals surface area contributed by atoms with Gasteiger partial charge in [0.25, 0.3) is 0 Å². The molecular formula is C22H34N2O4S2. The Bertz CT molecular complexity index is 876. The lowest BCUT2D eigenvalue weighted by molar-refractivity contribution is -0.114. The maximum absolute atomic E-state index is 12.2. The molecule has 2 saturated heterocycles. The molecule has 8 heteroatoms. The lowest BCUT2D eigenvalue weighted by Crippen LogP contribution is -2.56. The van der Waals surface area contributed by atoms with Crippen LogP contribution in [0.5, 0.6) is 0 Å². The Morgan fingerprint density at radius 3 is 2.80 bits per heavy atom. The number of ether oxygens (including phenoxy) is 2. The van der Waals surface area contributed by atoms with Gasteiger partial charge in [-0.3, -0.25) is 0 Å². The molecule has 4 aliphatic rings. The average molecular weight is 455 g/mol. The second kappa shape index (κ2) is 8.12. The lowest BCUT2D eigenvalue weighted by Gasteiger charge is -2.49. The van der Waals surface area contributed by atoms with Gasteiger partial charge in [0.15, 0.2) is 0 Å². The van der Waals surface area contributed by atoms with Crippen LogP contribution >= 0.6 is 11.3 Å². The number of fused-ring (bicyclic) bond motifs is 2. The fourth-order valence-electron chi connectivity index (χ4n) is 5.58. The zero-order valence-corrected chi connectivity index (χ0v) is 19.7. The summed E-state index contributed by atoms with van der Waals surface area (Å²) in [4.78, 5) is 5.63. The van der Waals surface area contributed by atoms with E-state index in [0.29, 0.717) is 25.2 Å². The average Bonchev–Trinajstić information content (AvgIpc) is 3.05. The highest BCUT2D eigenvalue weighted by Gasteiger charge is 2.45. The van der Waals surface area contributed by atoms with E-state index in [4.69, 9.17) is 9.47 Å². The van der Waals surface area contributed by atoms with Crippen LogP contribution in [0.3, 0.4) is 0 Å². The fourth-order valence-corrected chi connectivity index (χ4v) is 8.16. The summed E-state index contributed by atoms with van der Waals surface area (Å²) in [5, 5.41) is -0.347. The first-order chi connectivity index (χ1) is 14.4. The van der Waals surface area contributed by atoms with Gasteiger partial charge in [-0.15, -0.1) is 11.3 Å². The molecule has 1 aromatic heterocycles. The molecule has 4 heterocycles. The van der Waals surface area contributed by atoms with Crippen molar-refractivity contribution < 1.29 is 17.9 Å². The van der Waals surface area contributed by atoms with Crippen LogP contribution in [0.1, 0.15) is 54.8 Å². The minimum absolute atomic E-state index is 0.0873. The van der Waals surface area contributed by atoms with Crippen LogP contribution in [-0.2, 0) is 37.9 Å². The Morgan fingerprint density at radius 2 is 2.13 bits per heavy atom.